The molecule has 1 nitrogen and oxygen atoms in total. The van der Waals surface area contributed by atoms with Gasteiger partial charge in [-0.15, -0.1) is 0 Å². The van der Waals surface area contributed by atoms with E-state index in [1.54, 1.807) is 0 Å². The lowest BCUT2D eigenvalue weighted by atomic mass is 10.5. The zero-order valence-corrected chi connectivity index (χ0v) is 4.54. The molecule has 1 aliphatic heterocycles. The number of aliphatic imine (C=N–C) groups is 1. The normalized spacial score (nSPS) is 18.5. The van der Waals surface area contributed by atoms with E-state index in [2.05, 4.69) is 14.2 Å². The van der Waals surface area contributed by atoms with Crippen LogP contribution < -0.4 is 0 Å². The Labute approximate surface area is 39.4 Å². The molecule has 0 aromatic rings. The van der Waals surface area contributed by atoms with Crippen molar-refractivity contribution in [3.05, 3.63) is 12.3 Å². The van der Waals surface area contributed by atoms with Gasteiger partial charge in [-0.25, -0.2) is 0 Å². The highest BCUT2D eigenvalue weighted by Crippen LogP contribution is 2.04. The molecule has 0 saturated heterocycles. The molecule has 0 radical (unpaired) electrons. The Morgan fingerprint density at radius 1 is 1.83 bits per heavy atom. The number of hydrogen-bond donors (Lipinski definition) is 0. The van der Waals surface area contributed by atoms with Crippen molar-refractivity contribution in [2.24, 2.45) is 4.99 Å². The lowest BCUT2D eigenvalue weighted by Crippen LogP contribution is -1.70. The first-order valence-electron chi connectivity index (χ1n) is 1.87. The average molecular weight is 99.1 g/mol. The Kier molecular flexibility index (Phi) is 1.02. The van der Waals surface area contributed by atoms with Crippen LogP contribution in [0.15, 0.2) is 17.3 Å². The zero-order chi connectivity index (χ0) is 4.41. The van der Waals surface area contributed by atoms with E-state index in [1.807, 2.05) is 12.3 Å². The third-order valence-corrected chi connectivity index (χ3v) is 1.06. The highest BCUT2D eigenvalue weighted by atomic mass is 31.0. The molecule has 0 N–H and O–H groups in total. The molecule has 1 rings (SSSR count). The van der Waals surface area contributed by atoms with E-state index in [4.69, 9.17) is 0 Å². The van der Waals surface area contributed by atoms with Crippen LogP contribution in [0.2, 0.25) is 0 Å². The maximum atomic E-state index is 3.94. The van der Waals surface area contributed by atoms with Gasteiger partial charge in [-0.05, 0) is 0 Å². The van der Waals surface area contributed by atoms with Gasteiger partial charge < -0.3 is 0 Å². The predicted octanol–water partition coefficient (Wildman–Crippen LogP) is 1.18. The summed E-state index contributed by atoms with van der Waals surface area (Å²) in [5.41, 5.74) is 1.13. The fourth-order valence-corrected chi connectivity index (χ4v) is 0.597. The Morgan fingerprint density at radius 2 is 2.67 bits per heavy atom. The van der Waals surface area contributed by atoms with Gasteiger partial charge in [0.25, 0.3) is 0 Å². The summed E-state index contributed by atoms with van der Waals surface area (Å²) in [6, 6.07) is 0. The van der Waals surface area contributed by atoms with E-state index in [9.17, 15) is 0 Å². The third kappa shape index (κ3) is 0.662. The van der Waals surface area contributed by atoms with Crippen LogP contribution in [-0.4, -0.2) is 5.45 Å². The number of allylic oxidation sites excluding steroid dienone is 1. The predicted molar refractivity (Wildman–Crippen MR) is 30.9 cm³/mol. The molecule has 0 saturated carbocycles. The Balaban J connectivity index is 2.61. The maximum Gasteiger partial charge on any atom is 0.0384 e. The Morgan fingerprint density at radius 3 is 2.83 bits per heavy atom. The van der Waals surface area contributed by atoms with Gasteiger partial charge in [-0.2, -0.15) is 0 Å². The van der Waals surface area contributed by atoms with Gasteiger partial charge in [0.05, 0.1) is 0 Å². The molecule has 2 heteroatoms. The van der Waals surface area contributed by atoms with Crippen molar-refractivity contribution in [1.29, 1.82) is 0 Å². The van der Waals surface area contributed by atoms with Gasteiger partial charge in [0, 0.05) is 18.1 Å². The SMILES string of the molecule is PC1=NC=CC1. The molecular formula is C4H6NP. The monoisotopic (exact) mass is 99.0 g/mol. The minimum absolute atomic E-state index is 1.02. The summed E-state index contributed by atoms with van der Waals surface area (Å²) in [7, 11) is 2.56. The van der Waals surface area contributed by atoms with Crippen molar-refractivity contribution in [3.8, 4) is 0 Å². The van der Waals surface area contributed by atoms with E-state index in [1.165, 1.54) is 0 Å². The molecule has 1 unspecified atom stereocenters. The van der Waals surface area contributed by atoms with Gasteiger partial charge in [0.2, 0.25) is 0 Å². The van der Waals surface area contributed by atoms with Gasteiger partial charge in [0.15, 0.2) is 0 Å². The molecule has 6 heavy (non-hydrogen) atoms. The van der Waals surface area contributed by atoms with Crippen molar-refractivity contribution >= 4 is 14.7 Å². The van der Waals surface area contributed by atoms with E-state index in [0.717, 1.165) is 11.9 Å². The van der Waals surface area contributed by atoms with Crippen LogP contribution >= 0.6 is 9.24 Å². The second kappa shape index (κ2) is 1.53. The van der Waals surface area contributed by atoms with Crippen molar-refractivity contribution in [2.45, 2.75) is 6.42 Å². The van der Waals surface area contributed by atoms with Gasteiger partial charge >= 0.3 is 0 Å². The van der Waals surface area contributed by atoms with E-state index < -0.39 is 0 Å². The van der Waals surface area contributed by atoms with Gasteiger partial charge in [-0.1, -0.05) is 15.3 Å². The second-order valence-corrected chi connectivity index (χ2v) is 1.88. The fraction of sp³-hybridized carbons (Fsp3) is 0.250. The average Bonchev–Trinajstić information content (AvgIpc) is 1.86. The number of nitrogens with zero attached hydrogens (tertiary/aromatic N) is 1. The first-order chi connectivity index (χ1) is 2.89. The van der Waals surface area contributed by atoms with Crippen LogP contribution in [0.5, 0.6) is 0 Å². The molecule has 1 aliphatic rings. The second-order valence-electron chi connectivity index (χ2n) is 1.21. The standard InChI is InChI=1S/C4H6NP/c6-4-2-1-3-5-4/h1,3H,2,6H2. The van der Waals surface area contributed by atoms with E-state index >= 15 is 0 Å². The van der Waals surface area contributed by atoms with Gasteiger partial charge in [0.1, 0.15) is 0 Å². The topological polar surface area (TPSA) is 12.4 Å². The molecule has 0 bridgehead atoms. The smallest absolute Gasteiger partial charge is 0.0384 e. The van der Waals surface area contributed by atoms with Crippen LogP contribution in [-0.2, 0) is 0 Å². The lowest BCUT2D eigenvalue weighted by molar-refractivity contribution is 1.59. The minimum atomic E-state index is 1.02. The van der Waals surface area contributed by atoms with E-state index in [-0.39, 0.29) is 0 Å². The summed E-state index contributed by atoms with van der Waals surface area (Å²) >= 11 is 0. The summed E-state index contributed by atoms with van der Waals surface area (Å²) < 4.78 is 0. The van der Waals surface area contributed by atoms with Crippen molar-refractivity contribution in [3.63, 3.8) is 0 Å². The number of hydrogen-bond acceptors (Lipinski definition) is 1. The summed E-state index contributed by atoms with van der Waals surface area (Å²) in [5.74, 6) is 0. The van der Waals surface area contributed by atoms with Crippen molar-refractivity contribution in [1.82, 2.24) is 0 Å². The molecule has 0 amide bonds. The quantitative estimate of drug-likeness (QED) is 0.404. The highest BCUT2D eigenvalue weighted by molar-refractivity contribution is 7.40. The number of rotatable bonds is 0. The maximum absolute atomic E-state index is 3.94. The molecule has 0 spiro atoms. The van der Waals surface area contributed by atoms with Gasteiger partial charge in [-0.3, -0.25) is 4.99 Å². The lowest BCUT2D eigenvalue weighted by Gasteiger charge is -1.76. The molecular weight excluding hydrogens is 93.0 g/mol. The van der Waals surface area contributed by atoms with Crippen LogP contribution in [0.3, 0.4) is 0 Å². The van der Waals surface area contributed by atoms with Crippen molar-refractivity contribution < 1.29 is 0 Å². The molecule has 0 fully saturated rings. The Bertz CT molecular complexity index is 104. The molecule has 0 aromatic heterocycles. The summed E-state index contributed by atoms with van der Waals surface area (Å²) in [6.07, 6.45) is 4.87. The van der Waals surface area contributed by atoms with Crippen LogP contribution in [0, 0.1) is 0 Å². The molecule has 0 aliphatic carbocycles. The first-order valence-corrected chi connectivity index (χ1v) is 2.44. The van der Waals surface area contributed by atoms with Crippen LogP contribution in [0.4, 0.5) is 0 Å². The molecule has 32 valence electrons. The zero-order valence-electron chi connectivity index (χ0n) is 3.39. The molecule has 1 heterocycles. The van der Waals surface area contributed by atoms with E-state index in [0.29, 0.717) is 0 Å². The summed E-state index contributed by atoms with van der Waals surface area (Å²) in [4.78, 5) is 3.94. The third-order valence-electron chi connectivity index (χ3n) is 0.673. The first kappa shape index (κ1) is 4.01. The highest BCUT2D eigenvalue weighted by Gasteiger charge is 1.88. The van der Waals surface area contributed by atoms with Crippen LogP contribution in [0.1, 0.15) is 6.42 Å². The minimum Gasteiger partial charge on any atom is -0.261 e. The summed E-state index contributed by atoms with van der Waals surface area (Å²) in [6.45, 7) is 0. The largest absolute Gasteiger partial charge is 0.261 e. The fourth-order valence-electron chi connectivity index (χ4n) is 0.375. The van der Waals surface area contributed by atoms with Crippen molar-refractivity contribution in [2.75, 3.05) is 0 Å². The molecule has 0 aromatic carbocycles. The summed E-state index contributed by atoms with van der Waals surface area (Å²) in [5, 5.41) is 0. The molecule has 1 atom stereocenters. The Hall–Kier alpha value is -0.160. The van der Waals surface area contributed by atoms with Crippen LogP contribution in [0.25, 0.3) is 0 Å².